The minimum absolute atomic E-state index is 0.125. The van der Waals surface area contributed by atoms with Crippen LogP contribution in [0.5, 0.6) is 0 Å². The van der Waals surface area contributed by atoms with Crippen LogP contribution in [0.4, 0.5) is 5.82 Å². The Morgan fingerprint density at radius 1 is 1.35 bits per heavy atom. The van der Waals surface area contributed by atoms with Gasteiger partial charge < -0.3 is 14.7 Å². The largest absolute Gasteiger partial charge is 0.360 e. The van der Waals surface area contributed by atoms with Crippen LogP contribution in [0.15, 0.2) is 10.6 Å². The van der Waals surface area contributed by atoms with Gasteiger partial charge in [0.05, 0.1) is 11.5 Å². The molecule has 2 amide bonds. The van der Waals surface area contributed by atoms with Gasteiger partial charge in [-0.15, -0.1) is 11.8 Å². The van der Waals surface area contributed by atoms with Crippen molar-refractivity contribution in [2.45, 2.75) is 26.2 Å². The second kappa shape index (κ2) is 7.33. The van der Waals surface area contributed by atoms with Crippen molar-refractivity contribution in [2.75, 3.05) is 29.9 Å². The summed E-state index contributed by atoms with van der Waals surface area (Å²) >= 11 is 1.33. The van der Waals surface area contributed by atoms with E-state index >= 15 is 0 Å². The van der Waals surface area contributed by atoms with Gasteiger partial charge in [-0.2, -0.15) is 0 Å². The fourth-order valence-corrected chi connectivity index (χ4v) is 2.79. The van der Waals surface area contributed by atoms with Crippen molar-refractivity contribution in [1.82, 2.24) is 10.1 Å². The number of hydrogen-bond acceptors (Lipinski definition) is 5. The molecule has 0 unspecified atom stereocenters. The highest BCUT2D eigenvalue weighted by molar-refractivity contribution is 8.00. The summed E-state index contributed by atoms with van der Waals surface area (Å²) in [6.07, 6.45) is 3.38. The first-order chi connectivity index (χ1) is 9.65. The third kappa shape index (κ3) is 4.56. The van der Waals surface area contributed by atoms with Gasteiger partial charge in [0.1, 0.15) is 5.76 Å². The number of amides is 2. The highest BCUT2D eigenvalue weighted by Crippen LogP contribution is 2.12. The Morgan fingerprint density at radius 2 is 2.10 bits per heavy atom. The summed E-state index contributed by atoms with van der Waals surface area (Å²) in [5, 5.41) is 6.31. The number of nitrogens with zero attached hydrogens (tertiary/aromatic N) is 2. The highest BCUT2D eigenvalue weighted by atomic mass is 32.2. The van der Waals surface area contributed by atoms with Crippen LogP contribution >= 0.6 is 11.8 Å². The van der Waals surface area contributed by atoms with Crippen molar-refractivity contribution >= 4 is 29.4 Å². The molecule has 1 aromatic heterocycles. The maximum atomic E-state index is 11.9. The van der Waals surface area contributed by atoms with Crippen molar-refractivity contribution in [3.8, 4) is 0 Å². The van der Waals surface area contributed by atoms with Gasteiger partial charge in [0, 0.05) is 19.2 Å². The molecule has 2 rings (SSSR count). The van der Waals surface area contributed by atoms with Gasteiger partial charge >= 0.3 is 0 Å². The number of hydrogen-bond donors (Lipinski definition) is 1. The van der Waals surface area contributed by atoms with E-state index in [-0.39, 0.29) is 17.6 Å². The molecule has 0 atom stereocenters. The molecule has 0 spiro atoms. The first-order valence-electron chi connectivity index (χ1n) is 6.74. The van der Waals surface area contributed by atoms with Gasteiger partial charge in [-0.1, -0.05) is 5.16 Å². The first-order valence-corrected chi connectivity index (χ1v) is 7.89. The molecule has 1 aliphatic rings. The molecule has 0 aliphatic carbocycles. The molecule has 2 heterocycles. The molecule has 7 heteroatoms. The molecule has 1 aliphatic heterocycles. The Balaban J connectivity index is 1.64. The van der Waals surface area contributed by atoms with Crippen LogP contribution in [-0.4, -0.2) is 46.5 Å². The summed E-state index contributed by atoms with van der Waals surface area (Å²) in [5.74, 6) is 1.61. The van der Waals surface area contributed by atoms with Gasteiger partial charge in [0.15, 0.2) is 5.82 Å². The Kier molecular flexibility index (Phi) is 5.46. The molecule has 1 fully saturated rings. The van der Waals surface area contributed by atoms with Gasteiger partial charge in [-0.05, 0) is 26.2 Å². The number of thioether (sulfide) groups is 1. The molecule has 1 N–H and O–H groups in total. The first kappa shape index (κ1) is 14.9. The lowest BCUT2D eigenvalue weighted by Gasteiger charge is -2.26. The topological polar surface area (TPSA) is 75.4 Å². The van der Waals surface area contributed by atoms with E-state index in [1.807, 2.05) is 4.90 Å². The Bertz CT molecular complexity index is 469. The van der Waals surface area contributed by atoms with Crippen molar-refractivity contribution in [3.05, 3.63) is 11.8 Å². The molecular weight excluding hydrogens is 278 g/mol. The predicted octanol–water partition coefficient (Wildman–Crippen LogP) is 1.67. The van der Waals surface area contributed by atoms with Gasteiger partial charge in [0.25, 0.3) is 0 Å². The second-order valence-electron chi connectivity index (χ2n) is 4.81. The highest BCUT2D eigenvalue weighted by Gasteiger charge is 2.16. The van der Waals surface area contributed by atoms with Gasteiger partial charge in [0.2, 0.25) is 11.8 Å². The van der Waals surface area contributed by atoms with Gasteiger partial charge in [-0.25, -0.2) is 0 Å². The van der Waals surface area contributed by atoms with Gasteiger partial charge in [-0.3, -0.25) is 9.59 Å². The quantitative estimate of drug-likeness (QED) is 0.894. The van der Waals surface area contributed by atoms with E-state index in [0.717, 1.165) is 25.9 Å². The molecule has 0 bridgehead atoms. The molecule has 0 saturated carbocycles. The van der Waals surface area contributed by atoms with E-state index < -0.39 is 0 Å². The minimum atomic E-state index is -0.172. The van der Waals surface area contributed by atoms with Crippen LogP contribution in [0, 0.1) is 6.92 Å². The number of rotatable bonds is 5. The number of nitrogens with one attached hydrogen (secondary N) is 1. The number of carbonyl (C=O) groups excluding carboxylic acids is 2. The van der Waals surface area contributed by atoms with E-state index in [1.54, 1.807) is 13.0 Å². The summed E-state index contributed by atoms with van der Waals surface area (Å²) in [6, 6.07) is 1.65. The van der Waals surface area contributed by atoms with Crippen molar-refractivity contribution in [2.24, 2.45) is 0 Å². The van der Waals surface area contributed by atoms with Crippen molar-refractivity contribution in [3.63, 3.8) is 0 Å². The van der Waals surface area contributed by atoms with Crippen LogP contribution < -0.4 is 5.32 Å². The Hall–Kier alpha value is -1.50. The lowest BCUT2D eigenvalue weighted by atomic mass is 10.1. The van der Waals surface area contributed by atoms with Crippen LogP contribution in [0.25, 0.3) is 0 Å². The summed E-state index contributed by atoms with van der Waals surface area (Å²) in [7, 11) is 0. The zero-order valence-corrected chi connectivity index (χ0v) is 12.4. The van der Waals surface area contributed by atoms with E-state index in [2.05, 4.69) is 10.5 Å². The summed E-state index contributed by atoms with van der Waals surface area (Å²) < 4.78 is 4.86. The molecule has 6 nitrogen and oxygen atoms in total. The number of likely N-dealkylation sites (tertiary alicyclic amines) is 1. The second-order valence-corrected chi connectivity index (χ2v) is 5.79. The lowest BCUT2D eigenvalue weighted by molar-refractivity contribution is -0.129. The van der Waals surface area contributed by atoms with Crippen LogP contribution in [0.1, 0.15) is 25.0 Å². The Morgan fingerprint density at radius 3 is 2.75 bits per heavy atom. The number of aryl methyl sites for hydroxylation is 1. The fourth-order valence-electron chi connectivity index (χ4n) is 2.07. The maximum Gasteiger partial charge on any atom is 0.235 e. The predicted molar refractivity (Wildman–Crippen MR) is 77.6 cm³/mol. The standard InChI is InChI=1S/C13H19N3O3S/c1-10-7-11(15-19-10)14-12(17)8-20-9-13(18)16-5-3-2-4-6-16/h7H,2-6,8-9H2,1H3,(H,14,15,17). The summed E-state index contributed by atoms with van der Waals surface area (Å²) in [6.45, 7) is 3.46. The molecule has 110 valence electrons. The average Bonchev–Trinajstić information content (AvgIpc) is 2.85. The lowest BCUT2D eigenvalue weighted by Crippen LogP contribution is -2.37. The summed E-state index contributed by atoms with van der Waals surface area (Å²) in [5.41, 5.74) is 0. The maximum absolute atomic E-state index is 11.9. The molecule has 1 aromatic rings. The average molecular weight is 297 g/mol. The SMILES string of the molecule is Cc1cc(NC(=O)CSCC(=O)N2CCCCC2)no1. The van der Waals surface area contributed by atoms with Crippen LogP contribution in [-0.2, 0) is 9.59 Å². The Labute approximate surface area is 122 Å². The molecule has 20 heavy (non-hydrogen) atoms. The fraction of sp³-hybridized carbons (Fsp3) is 0.615. The number of carbonyl (C=O) groups is 2. The molecule has 1 saturated heterocycles. The normalized spacial score (nSPS) is 15.2. The van der Waals surface area contributed by atoms with Crippen LogP contribution in [0.2, 0.25) is 0 Å². The van der Waals surface area contributed by atoms with E-state index in [1.165, 1.54) is 18.2 Å². The van der Waals surface area contributed by atoms with Crippen molar-refractivity contribution < 1.29 is 14.1 Å². The minimum Gasteiger partial charge on any atom is -0.360 e. The number of piperidine rings is 1. The van der Waals surface area contributed by atoms with E-state index in [4.69, 9.17) is 4.52 Å². The zero-order valence-electron chi connectivity index (χ0n) is 11.6. The van der Waals surface area contributed by atoms with E-state index in [9.17, 15) is 9.59 Å². The smallest absolute Gasteiger partial charge is 0.235 e. The monoisotopic (exact) mass is 297 g/mol. The number of anilines is 1. The molecular formula is C13H19N3O3S. The summed E-state index contributed by atoms with van der Waals surface area (Å²) in [4.78, 5) is 25.4. The van der Waals surface area contributed by atoms with Crippen molar-refractivity contribution in [1.29, 1.82) is 0 Å². The zero-order chi connectivity index (χ0) is 14.4. The van der Waals surface area contributed by atoms with Crippen LogP contribution in [0.3, 0.4) is 0 Å². The third-order valence-electron chi connectivity index (χ3n) is 3.06. The molecule has 0 radical (unpaired) electrons. The number of aromatic nitrogens is 1. The third-order valence-corrected chi connectivity index (χ3v) is 3.98. The molecule has 0 aromatic carbocycles. The van der Waals surface area contributed by atoms with E-state index in [0.29, 0.717) is 17.3 Å².